The van der Waals surface area contributed by atoms with Crippen molar-refractivity contribution in [2.45, 2.75) is 45.8 Å². The summed E-state index contributed by atoms with van der Waals surface area (Å²) in [5, 5.41) is 4.37. The van der Waals surface area contributed by atoms with Crippen molar-refractivity contribution in [3.05, 3.63) is 11.8 Å². The quantitative estimate of drug-likeness (QED) is 0.835. The molecular formula is C12H21N3O. The van der Waals surface area contributed by atoms with Gasteiger partial charge in [-0.2, -0.15) is 5.10 Å². The average molecular weight is 223 g/mol. The second kappa shape index (κ2) is 4.45. The summed E-state index contributed by atoms with van der Waals surface area (Å²) in [7, 11) is 0. The van der Waals surface area contributed by atoms with E-state index < -0.39 is 0 Å². The molecule has 1 aromatic rings. The number of aromatic nitrogens is 2. The van der Waals surface area contributed by atoms with Crippen LogP contribution in [0.15, 0.2) is 6.20 Å². The summed E-state index contributed by atoms with van der Waals surface area (Å²) in [6, 6.07) is 0.398. The standard InChI is InChI=1S/C12H21N3O/c1-8(2)11-6-10(4-5-16-11)15-12(13)9(3)7-14-15/h7-8,10-11H,4-6,13H2,1-3H3. The van der Waals surface area contributed by atoms with Gasteiger partial charge in [0.05, 0.1) is 18.3 Å². The average Bonchev–Trinajstić information content (AvgIpc) is 2.60. The molecule has 90 valence electrons. The van der Waals surface area contributed by atoms with Gasteiger partial charge in [-0.15, -0.1) is 0 Å². The van der Waals surface area contributed by atoms with E-state index in [1.54, 1.807) is 0 Å². The van der Waals surface area contributed by atoms with Gasteiger partial charge in [0.1, 0.15) is 5.82 Å². The second-order valence-corrected chi connectivity index (χ2v) is 4.99. The van der Waals surface area contributed by atoms with E-state index in [2.05, 4.69) is 18.9 Å². The number of nitrogen functional groups attached to an aromatic ring is 1. The lowest BCUT2D eigenvalue weighted by Gasteiger charge is -2.32. The zero-order valence-corrected chi connectivity index (χ0v) is 10.3. The van der Waals surface area contributed by atoms with Crippen molar-refractivity contribution in [3.8, 4) is 0 Å². The topological polar surface area (TPSA) is 53.1 Å². The number of hydrogen-bond donors (Lipinski definition) is 1. The van der Waals surface area contributed by atoms with Gasteiger partial charge in [0.15, 0.2) is 0 Å². The first-order valence-corrected chi connectivity index (χ1v) is 6.00. The number of anilines is 1. The third kappa shape index (κ3) is 2.07. The second-order valence-electron chi connectivity index (χ2n) is 4.99. The minimum atomic E-state index is 0.336. The van der Waals surface area contributed by atoms with Crippen LogP contribution in [0, 0.1) is 12.8 Å². The summed E-state index contributed by atoms with van der Waals surface area (Å²) in [4.78, 5) is 0. The number of ether oxygens (including phenoxy) is 1. The van der Waals surface area contributed by atoms with Crippen molar-refractivity contribution in [2.24, 2.45) is 5.92 Å². The van der Waals surface area contributed by atoms with E-state index >= 15 is 0 Å². The van der Waals surface area contributed by atoms with Gasteiger partial charge in [0, 0.05) is 12.2 Å². The predicted octanol–water partition coefficient (Wildman–Crippen LogP) is 2.15. The molecule has 1 aromatic heterocycles. The van der Waals surface area contributed by atoms with Gasteiger partial charge in [-0.1, -0.05) is 13.8 Å². The zero-order chi connectivity index (χ0) is 11.7. The van der Waals surface area contributed by atoms with Crippen molar-refractivity contribution in [1.82, 2.24) is 9.78 Å². The van der Waals surface area contributed by atoms with Crippen LogP contribution >= 0.6 is 0 Å². The summed E-state index contributed by atoms with van der Waals surface area (Å²) >= 11 is 0. The summed E-state index contributed by atoms with van der Waals surface area (Å²) < 4.78 is 7.72. The molecule has 1 aliphatic heterocycles. The Bertz CT molecular complexity index is 359. The molecule has 4 nitrogen and oxygen atoms in total. The minimum Gasteiger partial charge on any atom is -0.384 e. The lowest BCUT2D eigenvalue weighted by atomic mass is 9.95. The van der Waals surface area contributed by atoms with Gasteiger partial charge in [-0.25, -0.2) is 4.68 Å². The number of hydrogen-bond acceptors (Lipinski definition) is 3. The maximum absolute atomic E-state index is 6.01. The van der Waals surface area contributed by atoms with Crippen molar-refractivity contribution in [2.75, 3.05) is 12.3 Å². The normalized spacial score (nSPS) is 26.2. The molecule has 2 atom stereocenters. The molecule has 0 aliphatic carbocycles. The van der Waals surface area contributed by atoms with E-state index in [0.29, 0.717) is 18.1 Å². The van der Waals surface area contributed by atoms with E-state index in [4.69, 9.17) is 10.5 Å². The van der Waals surface area contributed by atoms with Crippen LogP contribution in [0.3, 0.4) is 0 Å². The highest BCUT2D eigenvalue weighted by atomic mass is 16.5. The summed E-state index contributed by atoms with van der Waals surface area (Å²) in [6.45, 7) is 7.21. The van der Waals surface area contributed by atoms with Crippen LogP contribution in [0.2, 0.25) is 0 Å². The van der Waals surface area contributed by atoms with Gasteiger partial charge in [0.2, 0.25) is 0 Å². The van der Waals surface area contributed by atoms with Gasteiger partial charge < -0.3 is 10.5 Å². The van der Waals surface area contributed by atoms with Crippen LogP contribution in [0.1, 0.15) is 38.3 Å². The van der Waals surface area contributed by atoms with E-state index in [-0.39, 0.29) is 0 Å². The van der Waals surface area contributed by atoms with E-state index in [1.165, 1.54) is 0 Å². The molecule has 16 heavy (non-hydrogen) atoms. The molecule has 0 amide bonds. The van der Waals surface area contributed by atoms with E-state index in [0.717, 1.165) is 30.8 Å². The third-order valence-electron chi connectivity index (χ3n) is 3.40. The Hall–Kier alpha value is -1.03. The lowest BCUT2D eigenvalue weighted by Crippen LogP contribution is -2.32. The SMILES string of the molecule is Cc1cnn(C2CCOC(C(C)C)C2)c1N. The van der Waals surface area contributed by atoms with Crippen molar-refractivity contribution in [1.29, 1.82) is 0 Å². The van der Waals surface area contributed by atoms with Gasteiger partial charge in [-0.05, 0) is 25.7 Å². The maximum Gasteiger partial charge on any atom is 0.124 e. The molecule has 0 bridgehead atoms. The summed E-state index contributed by atoms with van der Waals surface area (Å²) in [5.41, 5.74) is 7.08. The first kappa shape index (κ1) is 11.5. The molecule has 0 saturated carbocycles. The first-order valence-electron chi connectivity index (χ1n) is 6.00. The van der Waals surface area contributed by atoms with Crippen LogP contribution < -0.4 is 5.73 Å². The van der Waals surface area contributed by atoms with Gasteiger partial charge >= 0.3 is 0 Å². The number of nitrogens with two attached hydrogens (primary N) is 1. The Balaban J connectivity index is 2.13. The van der Waals surface area contributed by atoms with Crippen LogP contribution in [0.5, 0.6) is 0 Å². The Labute approximate surface area is 96.8 Å². The number of nitrogens with zero attached hydrogens (tertiary/aromatic N) is 2. The molecule has 2 heterocycles. The zero-order valence-electron chi connectivity index (χ0n) is 10.3. The maximum atomic E-state index is 6.01. The highest BCUT2D eigenvalue weighted by molar-refractivity contribution is 5.37. The van der Waals surface area contributed by atoms with Crippen LogP contribution in [0.25, 0.3) is 0 Å². The highest BCUT2D eigenvalue weighted by Gasteiger charge is 2.27. The minimum absolute atomic E-state index is 0.336. The van der Waals surface area contributed by atoms with Crippen molar-refractivity contribution < 1.29 is 4.74 Å². The van der Waals surface area contributed by atoms with Gasteiger partial charge in [0.25, 0.3) is 0 Å². The molecule has 2 rings (SSSR count). The molecule has 1 fully saturated rings. The van der Waals surface area contributed by atoms with Crippen LogP contribution in [0.4, 0.5) is 5.82 Å². The fourth-order valence-electron chi connectivity index (χ4n) is 2.25. The fourth-order valence-corrected chi connectivity index (χ4v) is 2.25. The van der Waals surface area contributed by atoms with Crippen LogP contribution in [-0.4, -0.2) is 22.5 Å². The predicted molar refractivity (Wildman–Crippen MR) is 64.2 cm³/mol. The molecule has 2 unspecified atom stereocenters. The third-order valence-corrected chi connectivity index (χ3v) is 3.40. The Morgan fingerprint density at radius 1 is 1.56 bits per heavy atom. The molecule has 1 saturated heterocycles. The highest BCUT2D eigenvalue weighted by Crippen LogP contribution is 2.30. The van der Waals surface area contributed by atoms with Crippen molar-refractivity contribution >= 4 is 5.82 Å². The van der Waals surface area contributed by atoms with E-state index in [9.17, 15) is 0 Å². The smallest absolute Gasteiger partial charge is 0.124 e. The number of rotatable bonds is 2. The molecule has 4 heteroatoms. The summed E-state index contributed by atoms with van der Waals surface area (Å²) in [5.74, 6) is 1.36. The molecule has 2 N–H and O–H groups in total. The van der Waals surface area contributed by atoms with Gasteiger partial charge in [-0.3, -0.25) is 0 Å². The monoisotopic (exact) mass is 223 g/mol. The lowest BCUT2D eigenvalue weighted by molar-refractivity contribution is -0.0324. The molecule has 0 aromatic carbocycles. The summed E-state index contributed by atoms with van der Waals surface area (Å²) in [6.07, 6.45) is 4.20. The van der Waals surface area contributed by atoms with E-state index in [1.807, 2.05) is 17.8 Å². The Kier molecular flexibility index (Phi) is 3.19. The molecule has 1 aliphatic rings. The largest absolute Gasteiger partial charge is 0.384 e. The molecule has 0 radical (unpaired) electrons. The molecular weight excluding hydrogens is 202 g/mol. The first-order chi connectivity index (χ1) is 7.59. The van der Waals surface area contributed by atoms with Crippen molar-refractivity contribution in [3.63, 3.8) is 0 Å². The fraction of sp³-hybridized carbons (Fsp3) is 0.750. The Morgan fingerprint density at radius 2 is 2.31 bits per heavy atom. The molecule has 0 spiro atoms. The Morgan fingerprint density at radius 3 is 2.88 bits per heavy atom. The van der Waals surface area contributed by atoms with Crippen LogP contribution in [-0.2, 0) is 4.74 Å². The number of aryl methyl sites for hydroxylation is 1.